The second-order valence-electron chi connectivity index (χ2n) is 7.42. The number of halogens is 1. The minimum absolute atomic E-state index is 0.0999. The van der Waals surface area contributed by atoms with Gasteiger partial charge in [0, 0.05) is 16.7 Å². The van der Waals surface area contributed by atoms with Gasteiger partial charge in [0.15, 0.2) is 0 Å². The van der Waals surface area contributed by atoms with Gasteiger partial charge in [0.25, 0.3) is 0 Å². The lowest BCUT2D eigenvalue weighted by Gasteiger charge is -2.23. The van der Waals surface area contributed by atoms with Crippen LogP contribution >= 0.6 is 15.9 Å². The van der Waals surface area contributed by atoms with Crippen LogP contribution in [0, 0.1) is 0 Å². The van der Waals surface area contributed by atoms with Crippen LogP contribution in [0.15, 0.2) is 82.2 Å². The maximum absolute atomic E-state index is 13.4. The number of carbonyl (C=O) groups excluding carboxylic acids is 1. The molecule has 0 aliphatic rings. The summed E-state index contributed by atoms with van der Waals surface area (Å²) in [4.78, 5) is 13.2. The van der Waals surface area contributed by atoms with E-state index in [9.17, 15) is 13.2 Å². The average Bonchev–Trinajstić information content (AvgIpc) is 2.79. The van der Waals surface area contributed by atoms with E-state index in [4.69, 9.17) is 0 Å². The van der Waals surface area contributed by atoms with E-state index in [2.05, 4.69) is 21.2 Å². The monoisotopic (exact) mass is 514 g/mol. The van der Waals surface area contributed by atoms with E-state index in [-0.39, 0.29) is 23.9 Å². The predicted molar refractivity (Wildman–Crippen MR) is 132 cm³/mol. The fraction of sp³-hybridized carbons (Fsp3) is 0.240. The smallest absolute Gasteiger partial charge is 0.243 e. The topological polar surface area (TPSA) is 66.5 Å². The van der Waals surface area contributed by atoms with Crippen molar-refractivity contribution < 1.29 is 13.2 Å². The van der Waals surface area contributed by atoms with Crippen molar-refractivity contribution in [2.45, 2.75) is 38.1 Å². The molecule has 0 unspecified atom stereocenters. The van der Waals surface area contributed by atoms with Crippen molar-refractivity contribution in [2.24, 2.45) is 0 Å². The standard InChI is InChI=1S/C25H27BrN2O3S/c1-3-20-11-8-12-21(4-2)25(20)27-24(29)18-28(17-19-9-6-5-7-10-19)32(30,31)23-15-13-22(26)14-16-23/h5-16H,3-4,17-18H2,1-2H3,(H,27,29). The predicted octanol–water partition coefficient (Wildman–Crippen LogP) is 5.40. The molecule has 3 aromatic carbocycles. The molecule has 1 N–H and O–H groups in total. The first-order valence-electron chi connectivity index (χ1n) is 10.6. The van der Waals surface area contributed by atoms with Crippen LogP contribution in [-0.2, 0) is 34.2 Å². The second kappa shape index (κ2) is 10.9. The molecule has 0 fully saturated rings. The van der Waals surface area contributed by atoms with Gasteiger partial charge >= 0.3 is 0 Å². The largest absolute Gasteiger partial charge is 0.324 e. The molecular formula is C25H27BrN2O3S. The Morgan fingerprint density at radius 1 is 0.875 bits per heavy atom. The first-order chi connectivity index (χ1) is 15.3. The third-order valence-electron chi connectivity index (χ3n) is 5.24. The molecule has 0 radical (unpaired) electrons. The van der Waals surface area contributed by atoms with Gasteiger partial charge in [-0.1, -0.05) is 78.3 Å². The number of carbonyl (C=O) groups is 1. The van der Waals surface area contributed by atoms with E-state index in [1.807, 2.05) is 62.4 Å². The summed E-state index contributed by atoms with van der Waals surface area (Å²) in [5.74, 6) is -0.364. The Labute approximate surface area is 198 Å². The summed E-state index contributed by atoms with van der Waals surface area (Å²) in [6, 6.07) is 21.7. The van der Waals surface area contributed by atoms with Crippen molar-refractivity contribution >= 4 is 37.5 Å². The highest BCUT2D eigenvalue weighted by Crippen LogP contribution is 2.24. The molecule has 7 heteroatoms. The summed E-state index contributed by atoms with van der Waals surface area (Å²) >= 11 is 3.33. The Morgan fingerprint density at radius 3 is 2.03 bits per heavy atom. The molecule has 0 aromatic heterocycles. The van der Waals surface area contributed by atoms with Crippen LogP contribution in [0.5, 0.6) is 0 Å². The molecule has 0 aliphatic heterocycles. The van der Waals surface area contributed by atoms with Crippen molar-refractivity contribution in [2.75, 3.05) is 11.9 Å². The fourth-order valence-electron chi connectivity index (χ4n) is 3.51. The highest BCUT2D eigenvalue weighted by atomic mass is 79.9. The van der Waals surface area contributed by atoms with Gasteiger partial charge in [-0.3, -0.25) is 4.79 Å². The minimum Gasteiger partial charge on any atom is -0.324 e. The van der Waals surface area contributed by atoms with Gasteiger partial charge in [0.1, 0.15) is 0 Å². The molecule has 0 heterocycles. The summed E-state index contributed by atoms with van der Waals surface area (Å²) < 4.78 is 28.8. The third kappa shape index (κ3) is 5.85. The number of rotatable bonds is 9. The van der Waals surface area contributed by atoms with Crippen molar-refractivity contribution in [1.82, 2.24) is 4.31 Å². The van der Waals surface area contributed by atoms with Gasteiger partial charge in [0.2, 0.25) is 15.9 Å². The Bertz CT molecular complexity index is 1140. The molecule has 0 saturated carbocycles. The average molecular weight is 515 g/mol. The number of benzene rings is 3. The zero-order valence-corrected chi connectivity index (χ0v) is 20.6. The summed E-state index contributed by atoms with van der Waals surface area (Å²) in [6.07, 6.45) is 1.54. The Balaban J connectivity index is 1.91. The first kappa shape index (κ1) is 24.2. The molecule has 1 amide bonds. The highest BCUT2D eigenvalue weighted by molar-refractivity contribution is 9.10. The summed E-state index contributed by atoms with van der Waals surface area (Å²) in [5, 5.41) is 2.98. The summed E-state index contributed by atoms with van der Waals surface area (Å²) in [6.45, 7) is 3.88. The van der Waals surface area contributed by atoms with E-state index >= 15 is 0 Å². The molecule has 0 atom stereocenters. The number of para-hydroxylation sites is 1. The van der Waals surface area contributed by atoms with Crippen LogP contribution in [0.2, 0.25) is 0 Å². The van der Waals surface area contributed by atoms with Gasteiger partial charge in [-0.15, -0.1) is 0 Å². The van der Waals surface area contributed by atoms with Crippen LogP contribution in [0.25, 0.3) is 0 Å². The number of amides is 1. The van der Waals surface area contributed by atoms with E-state index in [1.54, 1.807) is 12.1 Å². The van der Waals surface area contributed by atoms with Crippen molar-refractivity contribution in [3.63, 3.8) is 0 Å². The highest BCUT2D eigenvalue weighted by Gasteiger charge is 2.27. The van der Waals surface area contributed by atoms with Crippen molar-refractivity contribution in [3.8, 4) is 0 Å². The van der Waals surface area contributed by atoms with Gasteiger partial charge in [-0.05, 0) is 53.8 Å². The zero-order valence-electron chi connectivity index (χ0n) is 18.2. The number of sulfonamides is 1. The molecule has 0 aliphatic carbocycles. The lowest BCUT2D eigenvalue weighted by atomic mass is 10.0. The number of anilines is 1. The SMILES string of the molecule is CCc1cccc(CC)c1NC(=O)CN(Cc1ccccc1)S(=O)(=O)c1ccc(Br)cc1. The molecule has 0 spiro atoms. The van der Waals surface area contributed by atoms with Gasteiger partial charge < -0.3 is 5.32 Å². The number of aryl methyl sites for hydroxylation is 2. The summed E-state index contributed by atoms with van der Waals surface area (Å²) in [5.41, 5.74) is 3.65. The molecule has 0 bridgehead atoms. The molecule has 3 rings (SSSR count). The van der Waals surface area contributed by atoms with Gasteiger partial charge in [0.05, 0.1) is 11.4 Å². The molecule has 0 saturated heterocycles. The van der Waals surface area contributed by atoms with E-state index in [0.29, 0.717) is 0 Å². The van der Waals surface area contributed by atoms with Crippen molar-refractivity contribution in [1.29, 1.82) is 0 Å². The number of hydrogen-bond donors (Lipinski definition) is 1. The Kier molecular flexibility index (Phi) is 8.23. The maximum Gasteiger partial charge on any atom is 0.243 e. The molecule has 3 aromatic rings. The van der Waals surface area contributed by atoms with Gasteiger partial charge in [-0.2, -0.15) is 4.31 Å². The Hall–Kier alpha value is -2.48. The first-order valence-corrected chi connectivity index (χ1v) is 12.8. The van der Waals surface area contributed by atoms with Crippen LogP contribution in [0.4, 0.5) is 5.69 Å². The molecule has 168 valence electrons. The second-order valence-corrected chi connectivity index (χ2v) is 10.3. The van der Waals surface area contributed by atoms with Crippen molar-refractivity contribution in [3.05, 3.63) is 94.0 Å². The molecule has 32 heavy (non-hydrogen) atoms. The lowest BCUT2D eigenvalue weighted by Crippen LogP contribution is -2.37. The third-order valence-corrected chi connectivity index (χ3v) is 7.57. The van der Waals surface area contributed by atoms with Crippen LogP contribution in [0.3, 0.4) is 0 Å². The Morgan fingerprint density at radius 2 is 1.47 bits per heavy atom. The zero-order chi connectivity index (χ0) is 23.1. The minimum atomic E-state index is -3.88. The van der Waals surface area contributed by atoms with Gasteiger partial charge in [-0.25, -0.2) is 8.42 Å². The van der Waals surface area contributed by atoms with E-state index < -0.39 is 10.0 Å². The van der Waals surface area contributed by atoms with Crippen LogP contribution < -0.4 is 5.32 Å². The maximum atomic E-state index is 13.4. The summed E-state index contributed by atoms with van der Waals surface area (Å²) in [7, 11) is -3.88. The normalized spacial score (nSPS) is 11.5. The molecular weight excluding hydrogens is 488 g/mol. The van der Waals surface area contributed by atoms with Crippen LogP contribution in [0.1, 0.15) is 30.5 Å². The number of nitrogens with one attached hydrogen (secondary N) is 1. The number of hydrogen-bond acceptors (Lipinski definition) is 3. The fourth-order valence-corrected chi connectivity index (χ4v) is 5.16. The molecule has 5 nitrogen and oxygen atoms in total. The van der Waals surface area contributed by atoms with E-state index in [1.165, 1.54) is 16.4 Å². The van der Waals surface area contributed by atoms with E-state index in [0.717, 1.165) is 39.7 Å². The number of nitrogens with zero attached hydrogens (tertiary/aromatic N) is 1. The van der Waals surface area contributed by atoms with Crippen LogP contribution in [-0.4, -0.2) is 25.2 Å². The quantitative estimate of drug-likeness (QED) is 0.415. The lowest BCUT2D eigenvalue weighted by molar-refractivity contribution is -0.116.